The molecule has 0 spiro atoms. The molecular weight excluding hydrogens is 256 g/mol. The Morgan fingerprint density at radius 1 is 1.21 bits per heavy atom. The van der Waals surface area contributed by atoms with Crippen LogP contribution in [0.3, 0.4) is 0 Å². The molecule has 8 heteroatoms. The van der Waals surface area contributed by atoms with Crippen LogP contribution >= 0.6 is 0 Å². The van der Waals surface area contributed by atoms with Gasteiger partial charge in [-0.2, -0.15) is 8.42 Å². The molecule has 6 nitrogen and oxygen atoms in total. The summed E-state index contributed by atoms with van der Waals surface area (Å²) < 4.78 is 31.6. The van der Waals surface area contributed by atoms with E-state index in [0.717, 1.165) is 6.08 Å². The molecule has 0 atom stereocenters. The van der Waals surface area contributed by atoms with Gasteiger partial charge < -0.3 is 5.11 Å². The molecule has 0 aromatic heterocycles. The van der Waals surface area contributed by atoms with Crippen molar-refractivity contribution in [3.63, 3.8) is 0 Å². The molecule has 0 saturated carbocycles. The number of hydrogen-bond acceptors (Lipinski definition) is 3. The fraction of sp³-hybridized carbons (Fsp3) is 0.167. The minimum atomic E-state index is -4.67. The van der Waals surface area contributed by atoms with Gasteiger partial charge in [-0.3, -0.25) is 9.11 Å². The minimum Gasteiger partial charge on any atom is -0.478 e. The summed E-state index contributed by atoms with van der Waals surface area (Å²) in [5, 5.41) is 8.02. The van der Waals surface area contributed by atoms with Crippen molar-refractivity contribution in [1.29, 1.82) is 0 Å². The van der Waals surface area contributed by atoms with Crippen LogP contribution in [0, 0.1) is 0 Å². The second-order valence-corrected chi connectivity index (χ2v) is 2.57. The van der Waals surface area contributed by atoms with Crippen LogP contribution in [-0.4, -0.2) is 28.6 Å². The molecule has 0 aromatic carbocycles. The number of carbonyl (C=O) groups is 1. The van der Waals surface area contributed by atoms with Crippen molar-refractivity contribution in [1.82, 2.24) is 0 Å². The van der Waals surface area contributed by atoms with Crippen molar-refractivity contribution in [2.45, 2.75) is 6.92 Å². The van der Waals surface area contributed by atoms with Crippen LogP contribution in [0.25, 0.3) is 0 Å². The number of carboxylic acids is 1. The van der Waals surface area contributed by atoms with E-state index in [2.05, 4.69) is 0 Å². The zero-order chi connectivity index (χ0) is 10.9. The Bertz CT molecular complexity index is 283. The summed E-state index contributed by atoms with van der Waals surface area (Å²) in [6, 6.07) is 0. The van der Waals surface area contributed by atoms with Crippen LogP contribution in [0.1, 0.15) is 6.92 Å². The third-order valence-electron chi connectivity index (χ3n) is 0.542. The van der Waals surface area contributed by atoms with Crippen LogP contribution in [0.15, 0.2) is 24.3 Å². The first-order valence-electron chi connectivity index (χ1n) is 2.99. The molecule has 0 radical (unpaired) electrons. The van der Waals surface area contributed by atoms with E-state index in [1.54, 1.807) is 12.2 Å². The molecule has 0 fully saturated rings. The van der Waals surface area contributed by atoms with Crippen molar-refractivity contribution in [2.75, 3.05) is 0 Å². The molecule has 0 aliphatic rings. The van der Waals surface area contributed by atoms with E-state index in [-0.39, 0.29) is 17.1 Å². The first-order chi connectivity index (χ1) is 5.77. The topological polar surface area (TPSA) is 112 Å². The Hall–Kier alpha value is -0.661. The monoisotopic (exact) mass is 266 g/mol. The van der Waals surface area contributed by atoms with Gasteiger partial charge in [0.2, 0.25) is 0 Å². The SMILES string of the molecule is C/C=C/C=C/C(=O)O.O=S(=O)(O)O.[Fe]. The number of hydrogen-bond donors (Lipinski definition) is 3. The van der Waals surface area contributed by atoms with Crippen molar-refractivity contribution in [3.05, 3.63) is 24.3 Å². The smallest absolute Gasteiger partial charge is 0.394 e. The summed E-state index contributed by atoms with van der Waals surface area (Å²) in [5.41, 5.74) is 0. The van der Waals surface area contributed by atoms with E-state index in [0.29, 0.717) is 0 Å². The summed E-state index contributed by atoms with van der Waals surface area (Å²) in [6.07, 6.45) is 5.98. The zero-order valence-corrected chi connectivity index (χ0v) is 9.06. The van der Waals surface area contributed by atoms with E-state index in [4.69, 9.17) is 22.6 Å². The zero-order valence-electron chi connectivity index (χ0n) is 7.14. The van der Waals surface area contributed by atoms with Crippen molar-refractivity contribution in [3.8, 4) is 0 Å². The van der Waals surface area contributed by atoms with Gasteiger partial charge in [0.15, 0.2) is 0 Å². The fourth-order valence-corrected chi connectivity index (χ4v) is 0.249. The summed E-state index contributed by atoms with van der Waals surface area (Å²) in [4.78, 5) is 9.75. The number of carboxylic acid groups (broad SMARTS) is 1. The summed E-state index contributed by atoms with van der Waals surface area (Å²) >= 11 is 0. The number of aliphatic carboxylic acids is 1. The predicted molar refractivity (Wildman–Crippen MR) is 45.8 cm³/mol. The van der Waals surface area contributed by atoms with E-state index in [9.17, 15) is 4.79 Å². The molecule has 0 heterocycles. The summed E-state index contributed by atoms with van der Waals surface area (Å²) in [5.74, 6) is -0.914. The standard InChI is InChI=1S/C6H8O2.Fe.H2O4S/c1-2-3-4-5-6(7)8;;1-5(2,3)4/h2-5H,1H3,(H,7,8);;(H2,1,2,3,4)/b3-2+,5-4+;;. The van der Waals surface area contributed by atoms with Crippen LogP contribution in [0.2, 0.25) is 0 Å². The maximum atomic E-state index is 9.75. The predicted octanol–water partition coefficient (Wildman–Crippen LogP) is 0.548. The quantitative estimate of drug-likeness (QED) is 0.291. The van der Waals surface area contributed by atoms with E-state index in [1.165, 1.54) is 6.08 Å². The Labute approximate surface area is 92.4 Å². The molecule has 14 heavy (non-hydrogen) atoms. The maximum Gasteiger partial charge on any atom is 0.394 e. The normalized spacial score (nSPS) is 10.5. The van der Waals surface area contributed by atoms with Gasteiger partial charge >= 0.3 is 16.4 Å². The third kappa shape index (κ3) is 64.4. The molecule has 0 aliphatic carbocycles. The first kappa shape index (κ1) is 19.0. The van der Waals surface area contributed by atoms with Gasteiger partial charge in [0.25, 0.3) is 0 Å². The van der Waals surface area contributed by atoms with Crippen molar-refractivity contribution >= 4 is 16.4 Å². The second kappa shape index (κ2) is 10.4. The molecule has 0 saturated heterocycles. The summed E-state index contributed by atoms with van der Waals surface area (Å²) in [6.45, 7) is 1.83. The fourth-order valence-electron chi connectivity index (χ4n) is 0.249. The first-order valence-corrected chi connectivity index (χ1v) is 4.39. The Kier molecular flexibility index (Phi) is 14.1. The van der Waals surface area contributed by atoms with E-state index in [1.807, 2.05) is 6.92 Å². The van der Waals surface area contributed by atoms with Crippen LogP contribution < -0.4 is 0 Å². The molecule has 0 aromatic rings. The van der Waals surface area contributed by atoms with Gasteiger partial charge in [0, 0.05) is 23.1 Å². The minimum absolute atomic E-state index is 0. The van der Waals surface area contributed by atoms with E-state index >= 15 is 0 Å². The molecule has 84 valence electrons. The Morgan fingerprint density at radius 2 is 1.57 bits per heavy atom. The average Bonchev–Trinajstić information content (AvgIpc) is 1.83. The molecule has 3 N–H and O–H groups in total. The van der Waals surface area contributed by atoms with Crippen LogP contribution in [0.5, 0.6) is 0 Å². The van der Waals surface area contributed by atoms with Gasteiger partial charge in [-0.15, -0.1) is 0 Å². The average molecular weight is 266 g/mol. The van der Waals surface area contributed by atoms with Crippen molar-refractivity contribution < 1.29 is 44.5 Å². The van der Waals surface area contributed by atoms with Gasteiger partial charge in [-0.1, -0.05) is 18.2 Å². The van der Waals surface area contributed by atoms with Gasteiger partial charge in [0.05, 0.1) is 0 Å². The number of rotatable bonds is 2. The molecule has 0 rings (SSSR count). The maximum absolute atomic E-state index is 9.75. The van der Waals surface area contributed by atoms with Crippen molar-refractivity contribution in [2.24, 2.45) is 0 Å². The third-order valence-corrected chi connectivity index (χ3v) is 0.542. The molecular formula is C6H10FeO6S. The van der Waals surface area contributed by atoms with Gasteiger partial charge in [0.1, 0.15) is 0 Å². The van der Waals surface area contributed by atoms with Gasteiger partial charge in [-0.25, -0.2) is 4.79 Å². The Morgan fingerprint density at radius 3 is 1.79 bits per heavy atom. The molecule has 0 amide bonds. The van der Waals surface area contributed by atoms with Crippen LogP contribution in [-0.2, 0) is 32.3 Å². The van der Waals surface area contributed by atoms with E-state index < -0.39 is 16.4 Å². The molecule has 0 unspecified atom stereocenters. The molecule has 0 aliphatic heterocycles. The van der Waals surface area contributed by atoms with Gasteiger partial charge in [-0.05, 0) is 6.92 Å². The molecule has 0 bridgehead atoms. The Balaban J connectivity index is -0.000000177. The number of allylic oxidation sites excluding steroid dienone is 3. The van der Waals surface area contributed by atoms with Crippen LogP contribution in [0.4, 0.5) is 0 Å². The summed E-state index contributed by atoms with van der Waals surface area (Å²) in [7, 11) is -4.67. The largest absolute Gasteiger partial charge is 0.478 e. The second-order valence-electron chi connectivity index (χ2n) is 1.67.